The van der Waals surface area contributed by atoms with Crippen LogP contribution in [0.3, 0.4) is 0 Å². The van der Waals surface area contributed by atoms with Crippen LogP contribution in [-0.2, 0) is 14.8 Å². The molecule has 0 atom stereocenters. The Morgan fingerprint density at radius 3 is 2.50 bits per heavy atom. The second kappa shape index (κ2) is 8.24. The van der Waals surface area contributed by atoms with Crippen LogP contribution in [0.2, 0.25) is 0 Å². The zero-order chi connectivity index (χ0) is 19.2. The largest absolute Gasteiger partial charge is 0.326 e. The van der Waals surface area contributed by atoms with E-state index >= 15 is 0 Å². The molecule has 2 aromatic carbocycles. The van der Waals surface area contributed by atoms with Gasteiger partial charge >= 0.3 is 0 Å². The molecule has 0 bridgehead atoms. The van der Waals surface area contributed by atoms with Gasteiger partial charge in [-0.15, -0.1) is 0 Å². The Hall–Kier alpha value is -3.22. The SMILES string of the molecule is CC(=O)Nc1ccc(C#CCNS(=O)(=O)c2cccc([N+](=O)[O-])c2)cc1. The summed E-state index contributed by atoms with van der Waals surface area (Å²) in [7, 11) is -3.90. The van der Waals surface area contributed by atoms with Crippen molar-refractivity contribution >= 4 is 27.3 Å². The lowest BCUT2D eigenvalue weighted by Gasteiger charge is -2.03. The lowest BCUT2D eigenvalue weighted by molar-refractivity contribution is -0.385. The van der Waals surface area contributed by atoms with Crippen molar-refractivity contribution in [1.82, 2.24) is 4.72 Å². The average Bonchev–Trinajstić information content (AvgIpc) is 2.60. The molecule has 0 aliphatic carbocycles. The van der Waals surface area contributed by atoms with E-state index < -0.39 is 14.9 Å². The number of benzene rings is 2. The highest BCUT2D eigenvalue weighted by Gasteiger charge is 2.16. The number of carbonyl (C=O) groups is 1. The Balaban J connectivity index is 2.01. The van der Waals surface area contributed by atoms with E-state index in [4.69, 9.17) is 0 Å². The van der Waals surface area contributed by atoms with E-state index in [-0.39, 0.29) is 23.0 Å². The molecule has 0 heterocycles. The van der Waals surface area contributed by atoms with Crippen molar-refractivity contribution in [3.8, 4) is 11.8 Å². The first-order valence-electron chi connectivity index (χ1n) is 7.38. The van der Waals surface area contributed by atoms with Gasteiger partial charge in [0, 0.05) is 30.3 Å². The van der Waals surface area contributed by atoms with Crippen LogP contribution in [-0.4, -0.2) is 25.8 Å². The predicted octanol–water partition coefficient (Wildman–Crippen LogP) is 1.88. The number of anilines is 1. The van der Waals surface area contributed by atoms with Gasteiger partial charge < -0.3 is 5.32 Å². The molecular formula is C17H15N3O5S. The molecule has 0 unspecified atom stereocenters. The Kier molecular flexibility index (Phi) is 6.06. The molecule has 0 saturated carbocycles. The van der Waals surface area contributed by atoms with E-state index in [1.807, 2.05) is 0 Å². The molecule has 0 aromatic heterocycles. The standard InChI is InChI=1S/C17H15N3O5S/c1-13(21)19-15-9-7-14(8-10-15)4-3-11-18-26(24,25)17-6-2-5-16(12-17)20(22)23/h2,5-10,12,18H,11H2,1H3,(H,19,21). The van der Waals surface area contributed by atoms with Gasteiger partial charge in [0.1, 0.15) is 0 Å². The third-order valence-corrected chi connectivity index (χ3v) is 4.53. The quantitative estimate of drug-likeness (QED) is 0.471. The van der Waals surface area contributed by atoms with Gasteiger partial charge in [0.2, 0.25) is 15.9 Å². The molecule has 8 nitrogen and oxygen atoms in total. The topological polar surface area (TPSA) is 118 Å². The van der Waals surface area contributed by atoms with Crippen LogP contribution in [0.25, 0.3) is 0 Å². The van der Waals surface area contributed by atoms with Gasteiger partial charge in [0.25, 0.3) is 5.69 Å². The molecule has 0 radical (unpaired) electrons. The maximum atomic E-state index is 12.1. The van der Waals surface area contributed by atoms with Crippen LogP contribution in [0.1, 0.15) is 12.5 Å². The Labute approximate surface area is 150 Å². The number of nitro benzene ring substituents is 1. The number of amides is 1. The average molecular weight is 373 g/mol. The minimum Gasteiger partial charge on any atom is -0.326 e. The number of carbonyl (C=O) groups excluding carboxylic acids is 1. The van der Waals surface area contributed by atoms with E-state index in [2.05, 4.69) is 21.9 Å². The fraction of sp³-hybridized carbons (Fsp3) is 0.118. The van der Waals surface area contributed by atoms with Crippen molar-refractivity contribution in [1.29, 1.82) is 0 Å². The first-order valence-corrected chi connectivity index (χ1v) is 8.87. The number of rotatable bonds is 5. The molecule has 0 aliphatic heterocycles. The van der Waals surface area contributed by atoms with Crippen molar-refractivity contribution < 1.29 is 18.1 Å². The fourth-order valence-electron chi connectivity index (χ4n) is 1.97. The van der Waals surface area contributed by atoms with Crippen molar-refractivity contribution in [3.05, 3.63) is 64.2 Å². The summed E-state index contributed by atoms with van der Waals surface area (Å²) in [5.41, 5.74) is 0.973. The Morgan fingerprint density at radius 1 is 1.19 bits per heavy atom. The summed E-state index contributed by atoms with van der Waals surface area (Å²) < 4.78 is 26.5. The van der Waals surface area contributed by atoms with Crippen molar-refractivity contribution in [2.45, 2.75) is 11.8 Å². The lowest BCUT2D eigenvalue weighted by Crippen LogP contribution is -2.24. The summed E-state index contributed by atoms with van der Waals surface area (Å²) >= 11 is 0. The van der Waals surface area contributed by atoms with Gasteiger partial charge in [0.15, 0.2) is 0 Å². The summed E-state index contributed by atoms with van der Waals surface area (Å²) in [4.78, 5) is 20.8. The van der Waals surface area contributed by atoms with E-state index in [1.165, 1.54) is 25.1 Å². The lowest BCUT2D eigenvalue weighted by atomic mass is 10.2. The zero-order valence-corrected chi connectivity index (χ0v) is 14.5. The molecule has 0 aliphatic rings. The van der Waals surface area contributed by atoms with E-state index in [0.29, 0.717) is 11.3 Å². The first-order chi connectivity index (χ1) is 12.3. The van der Waals surface area contributed by atoms with Crippen LogP contribution < -0.4 is 10.0 Å². The molecule has 2 aromatic rings. The zero-order valence-electron chi connectivity index (χ0n) is 13.7. The number of non-ortho nitro benzene ring substituents is 1. The van der Waals surface area contributed by atoms with Crippen LogP contribution in [0.15, 0.2) is 53.4 Å². The van der Waals surface area contributed by atoms with E-state index in [9.17, 15) is 23.3 Å². The third-order valence-electron chi connectivity index (χ3n) is 3.13. The molecule has 134 valence electrons. The number of sulfonamides is 1. The highest BCUT2D eigenvalue weighted by atomic mass is 32.2. The second-order valence-electron chi connectivity index (χ2n) is 5.14. The molecular weight excluding hydrogens is 358 g/mol. The number of hydrogen-bond donors (Lipinski definition) is 2. The van der Waals surface area contributed by atoms with Crippen LogP contribution in [0, 0.1) is 22.0 Å². The van der Waals surface area contributed by atoms with Gasteiger partial charge in [-0.3, -0.25) is 14.9 Å². The number of nitrogens with zero attached hydrogens (tertiary/aromatic N) is 1. The molecule has 9 heteroatoms. The Bertz CT molecular complexity index is 989. The van der Waals surface area contributed by atoms with Crippen molar-refractivity contribution in [2.24, 2.45) is 0 Å². The number of hydrogen-bond acceptors (Lipinski definition) is 5. The number of nitro groups is 1. The molecule has 1 amide bonds. The molecule has 0 fully saturated rings. The summed E-state index contributed by atoms with van der Waals surface area (Å²) in [5, 5.41) is 13.3. The van der Waals surface area contributed by atoms with Gasteiger partial charge in [-0.05, 0) is 30.3 Å². The van der Waals surface area contributed by atoms with E-state index in [1.54, 1.807) is 24.3 Å². The minimum atomic E-state index is -3.90. The molecule has 2 N–H and O–H groups in total. The maximum Gasteiger partial charge on any atom is 0.270 e. The third kappa shape index (κ3) is 5.41. The van der Waals surface area contributed by atoms with Crippen molar-refractivity contribution in [2.75, 3.05) is 11.9 Å². The number of nitrogens with one attached hydrogen (secondary N) is 2. The molecule has 26 heavy (non-hydrogen) atoms. The van der Waals surface area contributed by atoms with Crippen LogP contribution in [0.4, 0.5) is 11.4 Å². The van der Waals surface area contributed by atoms with Gasteiger partial charge in [-0.2, -0.15) is 4.72 Å². The summed E-state index contributed by atoms with van der Waals surface area (Å²) in [6.07, 6.45) is 0. The summed E-state index contributed by atoms with van der Waals surface area (Å²) in [6.45, 7) is 1.25. The Morgan fingerprint density at radius 2 is 1.88 bits per heavy atom. The molecule has 0 saturated heterocycles. The van der Waals surface area contributed by atoms with Gasteiger partial charge in [0.05, 0.1) is 16.4 Å². The first kappa shape index (κ1) is 19.1. The van der Waals surface area contributed by atoms with E-state index in [0.717, 1.165) is 6.07 Å². The second-order valence-corrected chi connectivity index (χ2v) is 6.91. The maximum absolute atomic E-state index is 12.1. The summed E-state index contributed by atoms with van der Waals surface area (Å²) in [6, 6.07) is 11.5. The fourth-order valence-corrected chi connectivity index (χ4v) is 2.93. The smallest absolute Gasteiger partial charge is 0.270 e. The molecule has 2 rings (SSSR count). The normalized spacial score (nSPS) is 10.5. The van der Waals surface area contributed by atoms with Crippen molar-refractivity contribution in [3.63, 3.8) is 0 Å². The highest BCUT2D eigenvalue weighted by Crippen LogP contribution is 2.16. The van der Waals surface area contributed by atoms with Crippen LogP contribution >= 0.6 is 0 Å². The predicted molar refractivity (Wildman–Crippen MR) is 95.9 cm³/mol. The monoisotopic (exact) mass is 373 g/mol. The molecule has 0 spiro atoms. The van der Waals surface area contributed by atoms with Crippen LogP contribution in [0.5, 0.6) is 0 Å². The summed E-state index contributed by atoms with van der Waals surface area (Å²) in [5.74, 6) is 5.26. The highest BCUT2D eigenvalue weighted by molar-refractivity contribution is 7.89. The van der Waals surface area contributed by atoms with Gasteiger partial charge in [-0.25, -0.2) is 8.42 Å². The van der Waals surface area contributed by atoms with Gasteiger partial charge in [-0.1, -0.05) is 17.9 Å². The minimum absolute atomic E-state index is 0.154.